The van der Waals surface area contributed by atoms with Crippen LogP contribution >= 0.6 is 0 Å². The maximum atomic E-state index is 12.0. The number of benzene rings is 1. The first-order valence-corrected chi connectivity index (χ1v) is 6.71. The number of nitrogens with one attached hydrogen (secondary N) is 1. The normalized spacial score (nSPS) is 10.4. The van der Waals surface area contributed by atoms with E-state index in [1.165, 1.54) is 4.90 Å². The fraction of sp³-hybridized carbons (Fsp3) is 0.357. The lowest BCUT2D eigenvalue weighted by atomic mass is 10.2. The highest BCUT2D eigenvalue weighted by Crippen LogP contribution is 2.20. The van der Waals surface area contributed by atoms with Crippen molar-refractivity contribution in [2.24, 2.45) is 0 Å². The van der Waals surface area contributed by atoms with Gasteiger partial charge in [-0.3, -0.25) is 0 Å². The Morgan fingerprint density at radius 2 is 2.05 bits per heavy atom. The largest absolute Gasteiger partial charge is 0.421 e. The van der Waals surface area contributed by atoms with Crippen LogP contribution in [0.3, 0.4) is 0 Å². The van der Waals surface area contributed by atoms with Crippen LogP contribution in [-0.2, 0) is 0 Å². The molecule has 0 saturated carbocycles. The molecule has 0 fully saturated rings. The number of carbonyl (C=O) groups is 1. The monoisotopic (exact) mass is 290 g/mol. The van der Waals surface area contributed by atoms with Gasteiger partial charge in [-0.2, -0.15) is 0 Å². The minimum Gasteiger partial charge on any atom is -0.421 e. The molecule has 7 nitrogen and oxygen atoms in total. The molecule has 2 rings (SSSR count). The topological polar surface area (TPSA) is 91.5 Å². The smallest absolute Gasteiger partial charge is 0.321 e. The molecule has 0 atom stereocenters. The summed E-state index contributed by atoms with van der Waals surface area (Å²) in [5.41, 5.74) is 1.45. The van der Waals surface area contributed by atoms with Crippen molar-refractivity contribution in [1.82, 2.24) is 15.1 Å². The van der Waals surface area contributed by atoms with Gasteiger partial charge in [0.1, 0.15) is 0 Å². The van der Waals surface area contributed by atoms with Gasteiger partial charge in [0, 0.05) is 31.3 Å². The van der Waals surface area contributed by atoms with Crippen molar-refractivity contribution in [3.05, 3.63) is 30.2 Å². The highest BCUT2D eigenvalue weighted by atomic mass is 16.4. The molecule has 7 heteroatoms. The Morgan fingerprint density at radius 3 is 2.57 bits per heavy atom. The molecule has 0 unspecified atom stereocenters. The van der Waals surface area contributed by atoms with Crippen LogP contribution < -0.4 is 5.32 Å². The van der Waals surface area contributed by atoms with Crippen molar-refractivity contribution in [3.8, 4) is 11.5 Å². The summed E-state index contributed by atoms with van der Waals surface area (Å²) in [4.78, 5) is 13.5. The molecule has 0 spiro atoms. The van der Waals surface area contributed by atoms with Crippen LogP contribution in [0.15, 0.2) is 28.7 Å². The van der Waals surface area contributed by atoms with Crippen LogP contribution in [0.4, 0.5) is 10.5 Å². The first-order chi connectivity index (χ1) is 10.1. The summed E-state index contributed by atoms with van der Waals surface area (Å²) in [7, 11) is 0. The molecule has 1 aromatic carbocycles. The maximum absolute atomic E-state index is 12.0. The van der Waals surface area contributed by atoms with Gasteiger partial charge in [-0.15, -0.1) is 10.2 Å². The molecule has 0 aliphatic carbocycles. The molecule has 21 heavy (non-hydrogen) atoms. The first-order valence-electron chi connectivity index (χ1n) is 6.71. The van der Waals surface area contributed by atoms with Gasteiger partial charge in [0.05, 0.1) is 6.61 Å². The summed E-state index contributed by atoms with van der Waals surface area (Å²) in [6.45, 7) is 4.37. The van der Waals surface area contributed by atoms with Crippen molar-refractivity contribution in [3.63, 3.8) is 0 Å². The number of likely N-dealkylation sites (N-methyl/N-ethyl adjacent to an activating group) is 1. The fourth-order valence-electron chi connectivity index (χ4n) is 1.84. The molecule has 0 bridgehead atoms. The Morgan fingerprint density at radius 1 is 1.33 bits per heavy atom. The van der Waals surface area contributed by atoms with Crippen LogP contribution in [0.5, 0.6) is 0 Å². The van der Waals surface area contributed by atoms with Crippen molar-refractivity contribution in [1.29, 1.82) is 0 Å². The number of rotatable bonds is 5. The molecule has 1 heterocycles. The summed E-state index contributed by atoms with van der Waals surface area (Å²) in [5.74, 6) is 0.950. The summed E-state index contributed by atoms with van der Waals surface area (Å²) < 4.78 is 5.33. The molecule has 0 radical (unpaired) electrons. The SMILES string of the molecule is CCN(CCO)C(=O)Nc1ccc(-c2nnc(C)o2)cc1. The number of aliphatic hydroxyl groups excluding tert-OH is 1. The highest BCUT2D eigenvalue weighted by Gasteiger charge is 2.11. The minimum atomic E-state index is -0.243. The highest BCUT2D eigenvalue weighted by molar-refractivity contribution is 5.89. The molecular weight excluding hydrogens is 272 g/mol. The molecule has 2 N–H and O–H groups in total. The van der Waals surface area contributed by atoms with Gasteiger partial charge in [0.2, 0.25) is 11.8 Å². The number of aliphatic hydroxyl groups is 1. The Kier molecular flexibility index (Phi) is 4.89. The second kappa shape index (κ2) is 6.85. The van der Waals surface area contributed by atoms with Gasteiger partial charge in [-0.05, 0) is 31.2 Å². The number of anilines is 1. The predicted molar refractivity (Wildman–Crippen MR) is 77.8 cm³/mol. The lowest BCUT2D eigenvalue weighted by molar-refractivity contribution is 0.192. The lowest BCUT2D eigenvalue weighted by Gasteiger charge is -2.20. The second-order valence-electron chi connectivity index (χ2n) is 4.44. The molecule has 1 aromatic heterocycles. The number of carbonyl (C=O) groups excluding carboxylic acids is 1. The zero-order valence-electron chi connectivity index (χ0n) is 12.0. The van der Waals surface area contributed by atoms with Gasteiger partial charge in [0.15, 0.2) is 0 Å². The van der Waals surface area contributed by atoms with Crippen LogP contribution in [0.1, 0.15) is 12.8 Å². The molecule has 2 amide bonds. The van der Waals surface area contributed by atoms with Gasteiger partial charge in [-0.1, -0.05) is 0 Å². The second-order valence-corrected chi connectivity index (χ2v) is 4.44. The quantitative estimate of drug-likeness (QED) is 0.877. The predicted octanol–water partition coefficient (Wildman–Crippen LogP) is 1.89. The van der Waals surface area contributed by atoms with Crippen LogP contribution in [0, 0.1) is 6.92 Å². The summed E-state index contributed by atoms with van der Waals surface area (Å²) in [6.07, 6.45) is 0. The molecule has 0 aliphatic rings. The average Bonchev–Trinajstić information content (AvgIpc) is 2.92. The number of aryl methyl sites for hydroxylation is 1. The van der Waals surface area contributed by atoms with E-state index in [0.29, 0.717) is 30.6 Å². The molecule has 2 aromatic rings. The third-order valence-corrected chi connectivity index (χ3v) is 2.95. The van der Waals surface area contributed by atoms with E-state index < -0.39 is 0 Å². The van der Waals surface area contributed by atoms with Crippen molar-refractivity contribution in [2.45, 2.75) is 13.8 Å². The molecular formula is C14H18N4O3. The number of urea groups is 1. The lowest BCUT2D eigenvalue weighted by Crippen LogP contribution is -2.36. The fourth-order valence-corrected chi connectivity index (χ4v) is 1.84. The zero-order valence-corrected chi connectivity index (χ0v) is 12.0. The third kappa shape index (κ3) is 3.79. The van der Waals surface area contributed by atoms with Crippen molar-refractivity contribution >= 4 is 11.7 Å². The first kappa shape index (κ1) is 15.0. The van der Waals surface area contributed by atoms with E-state index in [1.807, 2.05) is 6.92 Å². The third-order valence-electron chi connectivity index (χ3n) is 2.95. The van der Waals surface area contributed by atoms with E-state index in [-0.39, 0.29) is 12.6 Å². The number of nitrogens with zero attached hydrogens (tertiary/aromatic N) is 3. The Hall–Kier alpha value is -2.41. The standard InChI is InChI=1S/C14H18N4O3/c1-3-18(8-9-19)14(20)15-12-6-4-11(5-7-12)13-17-16-10(2)21-13/h4-7,19H,3,8-9H2,1-2H3,(H,15,20). The summed E-state index contributed by atoms with van der Waals surface area (Å²) >= 11 is 0. The number of hydrogen-bond donors (Lipinski definition) is 2. The van der Waals surface area contributed by atoms with Crippen molar-refractivity contribution < 1.29 is 14.3 Å². The Bertz CT molecular complexity index is 595. The van der Waals surface area contributed by atoms with E-state index in [1.54, 1.807) is 31.2 Å². The maximum Gasteiger partial charge on any atom is 0.321 e. The van der Waals surface area contributed by atoms with Crippen molar-refractivity contribution in [2.75, 3.05) is 25.0 Å². The van der Waals surface area contributed by atoms with E-state index in [0.717, 1.165) is 5.56 Å². The van der Waals surface area contributed by atoms with E-state index in [2.05, 4.69) is 15.5 Å². The van der Waals surface area contributed by atoms with Crippen LogP contribution in [0.25, 0.3) is 11.5 Å². The molecule has 0 aliphatic heterocycles. The van der Waals surface area contributed by atoms with Gasteiger partial charge in [0.25, 0.3) is 0 Å². The van der Waals surface area contributed by atoms with Crippen LogP contribution in [-0.4, -0.2) is 45.9 Å². The summed E-state index contributed by atoms with van der Waals surface area (Å²) in [6, 6.07) is 6.88. The van der Waals surface area contributed by atoms with Gasteiger partial charge in [-0.25, -0.2) is 4.79 Å². The molecule has 112 valence electrons. The van der Waals surface area contributed by atoms with Crippen LogP contribution in [0.2, 0.25) is 0 Å². The molecule has 0 saturated heterocycles. The van der Waals surface area contributed by atoms with E-state index >= 15 is 0 Å². The zero-order chi connectivity index (χ0) is 15.2. The number of aromatic nitrogens is 2. The number of amides is 2. The Balaban J connectivity index is 2.04. The van der Waals surface area contributed by atoms with E-state index in [4.69, 9.17) is 9.52 Å². The minimum absolute atomic E-state index is 0.0588. The number of hydrogen-bond acceptors (Lipinski definition) is 5. The average molecular weight is 290 g/mol. The van der Waals surface area contributed by atoms with E-state index in [9.17, 15) is 4.79 Å². The Labute approximate surface area is 122 Å². The van der Waals surface area contributed by atoms with Gasteiger partial charge >= 0.3 is 6.03 Å². The summed E-state index contributed by atoms with van der Waals surface area (Å²) in [5, 5.41) is 19.4. The van der Waals surface area contributed by atoms with Gasteiger partial charge < -0.3 is 19.7 Å².